The quantitative estimate of drug-likeness (QED) is 0.447. The molecule has 0 fully saturated rings. The Labute approximate surface area is 114 Å². The van der Waals surface area contributed by atoms with Crippen LogP contribution >= 0.6 is 11.6 Å². The standard InChI is InChI=1S/C11H12ClN5O2/c1-6-2-3-7(4-8(6)12)5-14-11(15-18)9-10(13)17-19-16-9/h2-4,18H,5H2,1H3,(H2,13,17)(H,14,15). The molecule has 0 aliphatic rings. The van der Waals surface area contributed by atoms with Crippen molar-refractivity contribution >= 4 is 23.3 Å². The lowest BCUT2D eigenvalue weighted by atomic mass is 10.1. The highest BCUT2D eigenvalue weighted by Crippen LogP contribution is 2.17. The van der Waals surface area contributed by atoms with E-state index in [1.807, 2.05) is 24.5 Å². The molecule has 0 atom stereocenters. The number of aryl methyl sites for hydroxylation is 1. The van der Waals surface area contributed by atoms with Crippen molar-refractivity contribution in [3.05, 3.63) is 40.0 Å². The summed E-state index contributed by atoms with van der Waals surface area (Å²) in [5, 5.41) is 16.6. The maximum Gasteiger partial charge on any atom is 0.199 e. The average molecular weight is 282 g/mol. The maximum atomic E-state index is 9.03. The Morgan fingerprint density at radius 1 is 1.53 bits per heavy atom. The van der Waals surface area contributed by atoms with E-state index in [4.69, 9.17) is 22.5 Å². The van der Waals surface area contributed by atoms with E-state index >= 15 is 0 Å². The Balaban J connectivity index is 2.20. The lowest BCUT2D eigenvalue weighted by molar-refractivity contribution is 0.233. The van der Waals surface area contributed by atoms with E-state index in [-0.39, 0.29) is 17.3 Å². The lowest BCUT2D eigenvalue weighted by Gasteiger charge is -2.03. The van der Waals surface area contributed by atoms with Gasteiger partial charge in [0.1, 0.15) is 0 Å². The minimum Gasteiger partial charge on any atom is -0.379 e. The van der Waals surface area contributed by atoms with Crippen LogP contribution in [-0.2, 0) is 6.54 Å². The number of nitrogen functional groups attached to an aromatic ring is 1. The molecule has 100 valence electrons. The van der Waals surface area contributed by atoms with E-state index in [2.05, 4.69) is 19.9 Å². The van der Waals surface area contributed by atoms with Crippen molar-refractivity contribution in [3.63, 3.8) is 0 Å². The van der Waals surface area contributed by atoms with E-state index in [0.717, 1.165) is 11.1 Å². The first-order chi connectivity index (χ1) is 9.11. The topological polar surface area (TPSA) is 110 Å². The average Bonchev–Trinajstić information content (AvgIpc) is 2.81. The minimum atomic E-state index is 0.0437. The van der Waals surface area contributed by atoms with Crippen LogP contribution in [0.1, 0.15) is 16.8 Å². The van der Waals surface area contributed by atoms with Crippen LogP contribution in [0.3, 0.4) is 0 Å². The minimum absolute atomic E-state index is 0.0437. The second-order valence-electron chi connectivity index (χ2n) is 3.86. The van der Waals surface area contributed by atoms with Crippen LogP contribution < -0.4 is 11.2 Å². The molecule has 0 radical (unpaired) electrons. The summed E-state index contributed by atoms with van der Waals surface area (Å²) in [6.45, 7) is 2.22. The molecule has 8 heteroatoms. The van der Waals surface area contributed by atoms with Crippen LogP contribution in [-0.4, -0.2) is 21.4 Å². The number of hydrogen-bond donors (Lipinski definition) is 3. The molecule has 1 aromatic carbocycles. The number of aromatic nitrogens is 2. The summed E-state index contributed by atoms with van der Waals surface area (Å²) >= 11 is 6.02. The van der Waals surface area contributed by atoms with Crippen molar-refractivity contribution in [2.75, 3.05) is 5.73 Å². The van der Waals surface area contributed by atoms with Gasteiger partial charge in [-0.25, -0.2) is 4.63 Å². The Morgan fingerprint density at radius 3 is 2.89 bits per heavy atom. The van der Waals surface area contributed by atoms with Crippen LogP contribution in [0.15, 0.2) is 27.8 Å². The van der Waals surface area contributed by atoms with Gasteiger partial charge in [0.05, 0.1) is 6.54 Å². The molecule has 0 unspecified atom stereocenters. The van der Waals surface area contributed by atoms with Crippen LogP contribution in [0.4, 0.5) is 5.82 Å². The summed E-state index contributed by atoms with van der Waals surface area (Å²) in [5.74, 6) is 0.123. The fourth-order valence-corrected chi connectivity index (χ4v) is 1.63. The molecule has 0 spiro atoms. The summed E-state index contributed by atoms with van der Waals surface area (Å²) in [6.07, 6.45) is 0. The monoisotopic (exact) mass is 281 g/mol. The number of rotatable bonds is 3. The first-order valence-electron chi connectivity index (χ1n) is 5.40. The molecule has 19 heavy (non-hydrogen) atoms. The predicted molar refractivity (Wildman–Crippen MR) is 70.1 cm³/mol. The SMILES string of the molecule is Cc1ccc(CN=C(NO)c2nonc2N)cc1Cl. The molecule has 0 aliphatic heterocycles. The number of hydrogen-bond acceptors (Lipinski definition) is 6. The molecule has 7 nitrogen and oxygen atoms in total. The van der Waals surface area contributed by atoms with Gasteiger partial charge in [0, 0.05) is 5.02 Å². The lowest BCUT2D eigenvalue weighted by Crippen LogP contribution is -2.22. The molecule has 0 amide bonds. The molecule has 0 saturated heterocycles. The third kappa shape index (κ3) is 3.01. The van der Waals surface area contributed by atoms with Crippen LogP contribution in [0.25, 0.3) is 0 Å². The number of amidine groups is 1. The molecule has 0 aliphatic carbocycles. The maximum absolute atomic E-state index is 9.03. The zero-order valence-electron chi connectivity index (χ0n) is 10.1. The number of nitrogens with two attached hydrogens (primary N) is 1. The Morgan fingerprint density at radius 2 is 2.32 bits per heavy atom. The third-order valence-corrected chi connectivity index (χ3v) is 2.91. The van der Waals surface area contributed by atoms with Crippen LogP contribution in [0.2, 0.25) is 5.02 Å². The summed E-state index contributed by atoms with van der Waals surface area (Å²) < 4.78 is 4.44. The van der Waals surface area contributed by atoms with Gasteiger partial charge in [-0.15, -0.1) is 0 Å². The zero-order chi connectivity index (χ0) is 13.8. The highest BCUT2D eigenvalue weighted by molar-refractivity contribution is 6.31. The van der Waals surface area contributed by atoms with Crippen LogP contribution in [0.5, 0.6) is 0 Å². The zero-order valence-corrected chi connectivity index (χ0v) is 10.8. The summed E-state index contributed by atoms with van der Waals surface area (Å²) in [5.41, 5.74) is 9.45. The Hall–Kier alpha value is -2.12. The summed E-state index contributed by atoms with van der Waals surface area (Å²) in [6, 6.07) is 5.59. The van der Waals surface area contributed by atoms with E-state index in [1.165, 1.54) is 0 Å². The van der Waals surface area contributed by atoms with E-state index < -0.39 is 0 Å². The van der Waals surface area contributed by atoms with Gasteiger partial charge < -0.3 is 5.73 Å². The molecule has 4 N–H and O–H groups in total. The molecule has 2 aromatic rings. The highest BCUT2D eigenvalue weighted by Gasteiger charge is 2.13. The van der Waals surface area contributed by atoms with Gasteiger partial charge in [-0.3, -0.25) is 15.7 Å². The Bertz CT molecular complexity index is 611. The fraction of sp³-hybridized carbons (Fsp3) is 0.182. The van der Waals surface area contributed by atoms with Crippen molar-refractivity contribution in [1.29, 1.82) is 0 Å². The van der Waals surface area contributed by atoms with Gasteiger partial charge in [0.2, 0.25) is 0 Å². The number of nitrogens with one attached hydrogen (secondary N) is 1. The summed E-state index contributed by atoms with van der Waals surface area (Å²) in [7, 11) is 0. The smallest absolute Gasteiger partial charge is 0.199 e. The van der Waals surface area contributed by atoms with Gasteiger partial charge in [0.25, 0.3) is 0 Å². The van der Waals surface area contributed by atoms with Gasteiger partial charge >= 0.3 is 0 Å². The number of anilines is 1. The molecule has 2 rings (SSSR count). The van der Waals surface area contributed by atoms with Crippen molar-refractivity contribution in [2.45, 2.75) is 13.5 Å². The van der Waals surface area contributed by atoms with Gasteiger partial charge in [-0.2, -0.15) is 0 Å². The third-order valence-electron chi connectivity index (χ3n) is 2.50. The molecular formula is C11H12ClN5O2. The number of benzene rings is 1. The van der Waals surface area contributed by atoms with Gasteiger partial charge in [-0.1, -0.05) is 23.7 Å². The van der Waals surface area contributed by atoms with E-state index in [9.17, 15) is 0 Å². The predicted octanol–water partition coefficient (Wildman–Crippen LogP) is 1.54. The highest BCUT2D eigenvalue weighted by atomic mass is 35.5. The van der Waals surface area contributed by atoms with Crippen molar-refractivity contribution in [3.8, 4) is 0 Å². The first kappa shape index (κ1) is 13.3. The fourth-order valence-electron chi connectivity index (χ4n) is 1.43. The van der Waals surface area contributed by atoms with Crippen molar-refractivity contribution in [1.82, 2.24) is 15.8 Å². The molecular weight excluding hydrogens is 270 g/mol. The first-order valence-corrected chi connectivity index (χ1v) is 5.77. The number of hydroxylamine groups is 1. The van der Waals surface area contributed by atoms with Crippen molar-refractivity contribution < 1.29 is 9.84 Å². The molecule has 1 aromatic heterocycles. The number of halogens is 1. The largest absolute Gasteiger partial charge is 0.379 e. The number of nitrogens with zero attached hydrogens (tertiary/aromatic N) is 3. The van der Waals surface area contributed by atoms with Gasteiger partial charge in [-0.05, 0) is 34.4 Å². The molecule has 0 saturated carbocycles. The molecule has 0 bridgehead atoms. The van der Waals surface area contributed by atoms with Crippen LogP contribution in [0, 0.1) is 6.92 Å². The van der Waals surface area contributed by atoms with Gasteiger partial charge in [0.15, 0.2) is 17.3 Å². The second-order valence-corrected chi connectivity index (χ2v) is 4.27. The number of aliphatic imine (C=N–C) groups is 1. The normalized spacial score (nSPS) is 11.6. The Kier molecular flexibility index (Phi) is 3.98. The second kappa shape index (κ2) is 5.68. The van der Waals surface area contributed by atoms with Crippen molar-refractivity contribution in [2.24, 2.45) is 4.99 Å². The van der Waals surface area contributed by atoms with E-state index in [0.29, 0.717) is 11.6 Å². The molecule has 1 heterocycles. The van der Waals surface area contributed by atoms with E-state index in [1.54, 1.807) is 6.07 Å². The summed E-state index contributed by atoms with van der Waals surface area (Å²) in [4.78, 5) is 4.14.